The van der Waals surface area contributed by atoms with E-state index in [0.717, 1.165) is 74.7 Å². The molecule has 1 aliphatic heterocycles. The molecule has 1 atom stereocenters. The van der Waals surface area contributed by atoms with Crippen molar-refractivity contribution in [2.75, 3.05) is 38.7 Å². The SMILES string of the molecule is CCCCCC(CC(=O)Nc1cc(CN2CCOCC2)ccc1C(C)(C)C)c1ccccc1OC. The van der Waals surface area contributed by atoms with Crippen LogP contribution in [0.25, 0.3) is 0 Å². The number of benzene rings is 2. The van der Waals surface area contributed by atoms with Crippen molar-refractivity contribution in [3.63, 3.8) is 0 Å². The molecule has 2 aromatic carbocycles. The Morgan fingerprint density at radius 2 is 1.86 bits per heavy atom. The van der Waals surface area contributed by atoms with Crippen molar-refractivity contribution in [1.82, 2.24) is 4.90 Å². The van der Waals surface area contributed by atoms with Crippen LogP contribution in [-0.4, -0.2) is 44.2 Å². The van der Waals surface area contributed by atoms with Gasteiger partial charge in [-0.05, 0) is 46.6 Å². The van der Waals surface area contributed by atoms with E-state index in [0.29, 0.717) is 6.42 Å². The van der Waals surface area contributed by atoms with Crippen molar-refractivity contribution in [2.24, 2.45) is 0 Å². The molecule has 5 heteroatoms. The molecule has 1 N–H and O–H groups in total. The monoisotopic (exact) mass is 480 g/mol. The lowest BCUT2D eigenvalue weighted by molar-refractivity contribution is -0.116. The van der Waals surface area contributed by atoms with Gasteiger partial charge in [-0.1, -0.05) is 77.3 Å². The molecule has 3 rings (SSSR count). The molecule has 0 bridgehead atoms. The van der Waals surface area contributed by atoms with Crippen LogP contribution in [-0.2, 0) is 21.5 Å². The average molecular weight is 481 g/mol. The van der Waals surface area contributed by atoms with Crippen molar-refractivity contribution < 1.29 is 14.3 Å². The van der Waals surface area contributed by atoms with E-state index in [-0.39, 0.29) is 17.2 Å². The number of carbonyl (C=O) groups is 1. The summed E-state index contributed by atoms with van der Waals surface area (Å²) in [6.07, 6.45) is 4.86. The third-order valence-corrected chi connectivity index (χ3v) is 6.84. The highest BCUT2D eigenvalue weighted by molar-refractivity contribution is 5.92. The number of carbonyl (C=O) groups excluding carboxylic acids is 1. The maximum atomic E-state index is 13.4. The second kappa shape index (κ2) is 13.1. The summed E-state index contributed by atoms with van der Waals surface area (Å²) in [4.78, 5) is 15.8. The summed E-state index contributed by atoms with van der Waals surface area (Å²) in [5.74, 6) is 1.06. The zero-order valence-corrected chi connectivity index (χ0v) is 22.4. The molecule has 5 nitrogen and oxygen atoms in total. The van der Waals surface area contributed by atoms with E-state index in [2.05, 4.69) is 62.2 Å². The van der Waals surface area contributed by atoms with Gasteiger partial charge in [0.2, 0.25) is 5.91 Å². The average Bonchev–Trinajstić information content (AvgIpc) is 2.83. The van der Waals surface area contributed by atoms with E-state index in [1.54, 1.807) is 7.11 Å². The molecular formula is C30H44N2O3. The van der Waals surface area contributed by atoms with Crippen LogP contribution in [0.15, 0.2) is 42.5 Å². The summed E-state index contributed by atoms with van der Waals surface area (Å²) in [6, 6.07) is 14.7. The van der Waals surface area contributed by atoms with Crippen molar-refractivity contribution in [3.8, 4) is 5.75 Å². The molecule has 1 heterocycles. The lowest BCUT2D eigenvalue weighted by Gasteiger charge is -2.28. The van der Waals surface area contributed by atoms with Crippen LogP contribution in [0.3, 0.4) is 0 Å². The fraction of sp³-hybridized carbons (Fsp3) is 0.567. The second-order valence-corrected chi connectivity index (χ2v) is 10.7. The number of hydrogen-bond acceptors (Lipinski definition) is 4. The number of methoxy groups -OCH3 is 1. The Bertz CT molecular complexity index is 945. The van der Waals surface area contributed by atoms with Crippen LogP contribution in [0.1, 0.15) is 82.4 Å². The van der Waals surface area contributed by atoms with Gasteiger partial charge in [0.25, 0.3) is 0 Å². The molecule has 1 aliphatic rings. The Balaban J connectivity index is 1.80. The number of ether oxygens (including phenoxy) is 2. The lowest BCUT2D eigenvalue weighted by atomic mass is 9.84. The second-order valence-electron chi connectivity index (χ2n) is 10.7. The predicted molar refractivity (Wildman–Crippen MR) is 144 cm³/mol. The van der Waals surface area contributed by atoms with Crippen LogP contribution < -0.4 is 10.1 Å². The lowest BCUT2D eigenvalue weighted by Crippen LogP contribution is -2.35. The Labute approximate surface area is 212 Å². The molecule has 1 amide bonds. The summed E-state index contributed by atoms with van der Waals surface area (Å²) in [5, 5.41) is 3.30. The van der Waals surface area contributed by atoms with Crippen molar-refractivity contribution in [1.29, 1.82) is 0 Å². The third-order valence-electron chi connectivity index (χ3n) is 6.84. The molecule has 0 radical (unpaired) electrons. The highest BCUT2D eigenvalue weighted by atomic mass is 16.5. The standard InChI is InChI=1S/C30H44N2O3/c1-6-7-8-11-24(25-12-9-10-13-28(25)34-5)21-29(33)31-27-20-23(14-15-26(27)30(2,3)4)22-32-16-18-35-19-17-32/h9-10,12-15,20,24H,6-8,11,16-19,21-22H2,1-5H3,(H,31,33). The molecule has 0 saturated carbocycles. The first-order valence-corrected chi connectivity index (χ1v) is 13.2. The number of rotatable bonds is 11. The van der Waals surface area contributed by atoms with Crippen LogP contribution in [0.5, 0.6) is 5.75 Å². The normalized spacial score (nSPS) is 15.6. The first-order valence-electron chi connectivity index (χ1n) is 13.2. The molecule has 0 aliphatic carbocycles. The van der Waals surface area contributed by atoms with E-state index in [1.807, 2.05) is 18.2 Å². The zero-order chi connectivity index (χ0) is 25.3. The van der Waals surface area contributed by atoms with Gasteiger partial charge < -0.3 is 14.8 Å². The number of para-hydroxylation sites is 1. The van der Waals surface area contributed by atoms with Gasteiger partial charge in [0.1, 0.15) is 5.75 Å². The van der Waals surface area contributed by atoms with Gasteiger partial charge in [-0.2, -0.15) is 0 Å². The van der Waals surface area contributed by atoms with E-state index < -0.39 is 0 Å². The van der Waals surface area contributed by atoms with Crippen molar-refractivity contribution in [3.05, 3.63) is 59.2 Å². The number of nitrogens with one attached hydrogen (secondary N) is 1. The highest BCUT2D eigenvalue weighted by Crippen LogP contribution is 2.35. The molecule has 1 fully saturated rings. The van der Waals surface area contributed by atoms with E-state index in [9.17, 15) is 4.79 Å². The molecule has 35 heavy (non-hydrogen) atoms. The quantitative estimate of drug-likeness (QED) is 0.372. The summed E-state index contributed by atoms with van der Waals surface area (Å²) >= 11 is 0. The predicted octanol–water partition coefficient (Wildman–Crippen LogP) is 6.52. The molecule has 1 unspecified atom stereocenters. The van der Waals surface area contributed by atoms with Gasteiger partial charge in [0.05, 0.1) is 20.3 Å². The Morgan fingerprint density at radius 3 is 2.54 bits per heavy atom. The van der Waals surface area contributed by atoms with Gasteiger partial charge in [-0.3, -0.25) is 9.69 Å². The van der Waals surface area contributed by atoms with Gasteiger partial charge in [-0.15, -0.1) is 0 Å². The van der Waals surface area contributed by atoms with E-state index in [4.69, 9.17) is 9.47 Å². The molecule has 192 valence electrons. The number of amides is 1. The number of morpholine rings is 1. The summed E-state index contributed by atoms with van der Waals surface area (Å²) in [6.45, 7) is 13.1. The third kappa shape index (κ3) is 8.08. The zero-order valence-electron chi connectivity index (χ0n) is 22.4. The van der Waals surface area contributed by atoms with Gasteiger partial charge in [0, 0.05) is 31.7 Å². The van der Waals surface area contributed by atoms with Gasteiger partial charge in [-0.25, -0.2) is 0 Å². The molecular weight excluding hydrogens is 436 g/mol. The minimum Gasteiger partial charge on any atom is -0.496 e. The Kier molecular flexibility index (Phi) is 10.2. The Hall–Kier alpha value is -2.37. The number of anilines is 1. The van der Waals surface area contributed by atoms with Crippen molar-refractivity contribution >= 4 is 11.6 Å². The fourth-order valence-electron chi connectivity index (χ4n) is 4.90. The first-order chi connectivity index (χ1) is 16.8. The highest BCUT2D eigenvalue weighted by Gasteiger charge is 2.23. The van der Waals surface area contributed by atoms with Crippen LogP contribution in [0, 0.1) is 0 Å². The minimum absolute atomic E-state index is 0.0615. The maximum Gasteiger partial charge on any atom is 0.224 e. The van der Waals surface area contributed by atoms with Gasteiger partial charge in [0.15, 0.2) is 0 Å². The minimum atomic E-state index is -0.0662. The van der Waals surface area contributed by atoms with Gasteiger partial charge >= 0.3 is 0 Å². The fourth-order valence-corrected chi connectivity index (χ4v) is 4.90. The molecule has 2 aromatic rings. The molecule has 0 aromatic heterocycles. The maximum absolute atomic E-state index is 13.4. The largest absolute Gasteiger partial charge is 0.496 e. The molecule has 1 saturated heterocycles. The van der Waals surface area contributed by atoms with Crippen LogP contribution in [0.4, 0.5) is 5.69 Å². The van der Waals surface area contributed by atoms with E-state index in [1.165, 1.54) is 12.0 Å². The Morgan fingerprint density at radius 1 is 1.11 bits per heavy atom. The number of hydrogen-bond donors (Lipinski definition) is 1. The first kappa shape index (κ1) is 27.2. The topological polar surface area (TPSA) is 50.8 Å². The molecule has 0 spiro atoms. The smallest absolute Gasteiger partial charge is 0.224 e. The summed E-state index contributed by atoms with van der Waals surface area (Å²) in [5.41, 5.74) is 4.37. The summed E-state index contributed by atoms with van der Waals surface area (Å²) in [7, 11) is 1.71. The van der Waals surface area contributed by atoms with Crippen LogP contribution >= 0.6 is 0 Å². The van der Waals surface area contributed by atoms with Crippen molar-refractivity contribution in [2.45, 2.75) is 77.7 Å². The number of unbranched alkanes of at least 4 members (excludes halogenated alkanes) is 2. The number of nitrogens with zero attached hydrogens (tertiary/aromatic N) is 1. The van der Waals surface area contributed by atoms with Crippen LogP contribution in [0.2, 0.25) is 0 Å². The summed E-state index contributed by atoms with van der Waals surface area (Å²) < 4.78 is 11.1. The van der Waals surface area contributed by atoms with E-state index >= 15 is 0 Å².